The van der Waals surface area contributed by atoms with Gasteiger partial charge in [-0.05, 0) is 38.8 Å². The molecule has 4 rings (SSSR count). The van der Waals surface area contributed by atoms with Gasteiger partial charge in [-0.2, -0.15) is 5.26 Å². The van der Waals surface area contributed by atoms with Crippen molar-refractivity contribution in [2.24, 2.45) is 0 Å². The van der Waals surface area contributed by atoms with Gasteiger partial charge in [0.25, 0.3) is 0 Å². The first kappa shape index (κ1) is 31.9. The first-order valence-corrected chi connectivity index (χ1v) is 13.7. The number of aliphatic carboxylic acids is 1. The Morgan fingerprint density at radius 3 is 1.62 bits per heavy atom. The number of carboxylic acid groups (broad SMARTS) is 1. The zero-order chi connectivity index (χ0) is 28.8. The zero-order valence-electron chi connectivity index (χ0n) is 21.7. The van der Waals surface area contributed by atoms with Crippen molar-refractivity contribution in [3.63, 3.8) is 0 Å². The molecule has 4 aromatic rings. The van der Waals surface area contributed by atoms with Crippen LogP contribution in [0.3, 0.4) is 0 Å². The SMILES string of the molecule is CCOC(C#N)c1ccc(-c2nnc(C)s2)cc1.CCOC(C(=O)O)c1ccc(-c2nnc(C)s2)cc1.OCl. The molecule has 39 heavy (non-hydrogen) atoms. The average molecular weight is 590 g/mol. The Bertz CT molecular complexity index is 1340. The molecule has 10 nitrogen and oxygen atoms in total. The van der Waals surface area contributed by atoms with Gasteiger partial charge in [0.15, 0.2) is 12.2 Å². The smallest absolute Gasteiger partial charge is 0.337 e. The van der Waals surface area contributed by atoms with E-state index in [1.807, 2.05) is 57.2 Å². The van der Waals surface area contributed by atoms with E-state index in [0.717, 1.165) is 36.7 Å². The van der Waals surface area contributed by atoms with Crippen molar-refractivity contribution in [1.29, 1.82) is 5.26 Å². The Balaban J connectivity index is 0.000000258. The molecule has 0 saturated heterocycles. The fourth-order valence-corrected chi connectivity index (χ4v) is 4.67. The minimum Gasteiger partial charge on any atom is -0.479 e. The molecule has 0 aliphatic rings. The number of nitriles is 1. The summed E-state index contributed by atoms with van der Waals surface area (Å²) in [5.74, 6) is -0.985. The van der Waals surface area contributed by atoms with Crippen LogP contribution >= 0.6 is 34.5 Å². The Morgan fingerprint density at radius 2 is 1.28 bits per heavy atom. The fraction of sp³-hybridized carbons (Fsp3) is 0.308. The topological polar surface area (TPSA) is 151 Å². The molecule has 2 unspecified atom stereocenters. The van der Waals surface area contributed by atoms with Gasteiger partial charge < -0.3 is 14.6 Å². The summed E-state index contributed by atoms with van der Waals surface area (Å²) in [5.41, 5.74) is 3.43. The predicted molar refractivity (Wildman–Crippen MR) is 150 cm³/mol. The molecule has 2 aromatic heterocycles. The number of aromatic nitrogens is 4. The lowest BCUT2D eigenvalue weighted by atomic mass is 10.1. The highest BCUT2D eigenvalue weighted by Gasteiger charge is 2.20. The second kappa shape index (κ2) is 16.6. The molecule has 2 aromatic carbocycles. The van der Waals surface area contributed by atoms with E-state index < -0.39 is 18.2 Å². The van der Waals surface area contributed by atoms with Crippen molar-refractivity contribution >= 4 is 40.5 Å². The van der Waals surface area contributed by atoms with E-state index >= 15 is 0 Å². The number of ether oxygens (including phenoxy) is 2. The normalized spacial score (nSPS) is 11.7. The molecule has 206 valence electrons. The van der Waals surface area contributed by atoms with Gasteiger partial charge in [-0.3, -0.25) is 4.66 Å². The molecule has 0 fully saturated rings. The number of hydrogen-bond donors (Lipinski definition) is 2. The Morgan fingerprint density at radius 1 is 0.846 bits per heavy atom. The molecular weight excluding hydrogens is 562 g/mol. The van der Waals surface area contributed by atoms with Crippen LogP contribution in [0.1, 0.15) is 47.2 Å². The average Bonchev–Trinajstić information content (AvgIpc) is 3.60. The summed E-state index contributed by atoms with van der Waals surface area (Å²) in [6, 6.07) is 17.0. The summed E-state index contributed by atoms with van der Waals surface area (Å²) < 4.78 is 17.0. The summed E-state index contributed by atoms with van der Waals surface area (Å²) in [4.78, 5) is 11.1. The van der Waals surface area contributed by atoms with Crippen molar-refractivity contribution in [3.8, 4) is 27.2 Å². The third-order valence-electron chi connectivity index (χ3n) is 4.98. The van der Waals surface area contributed by atoms with Gasteiger partial charge >= 0.3 is 5.97 Å². The van der Waals surface area contributed by atoms with Crippen LogP contribution in [0.15, 0.2) is 48.5 Å². The van der Waals surface area contributed by atoms with Gasteiger partial charge in [0.1, 0.15) is 20.0 Å². The van der Waals surface area contributed by atoms with Crippen molar-refractivity contribution in [2.45, 2.75) is 39.9 Å². The predicted octanol–water partition coefficient (Wildman–Crippen LogP) is 5.92. The summed E-state index contributed by atoms with van der Waals surface area (Å²) in [5, 5.41) is 37.8. The third kappa shape index (κ3) is 9.43. The lowest BCUT2D eigenvalue weighted by Crippen LogP contribution is -2.15. The van der Waals surface area contributed by atoms with Crippen LogP contribution in [0, 0.1) is 25.2 Å². The lowest BCUT2D eigenvalue weighted by molar-refractivity contribution is -0.150. The fourth-order valence-electron chi connectivity index (χ4n) is 3.28. The van der Waals surface area contributed by atoms with Gasteiger partial charge in [-0.1, -0.05) is 71.2 Å². The Kier molecular flexibility index (Phi) is 13.6. The molecule has 0 aliphatic carbocycles. The molecule has 0 amide bonds. The molecule has 0 saturated carbocycles. The molecule has 2 atom stereocenters. The van der Waals surface area contributed by atoms with Gasteiger partial charge in [0, 0.05) is 24.3 Å². The number of aryl methyl sites for hydroxylation is 2. The quantitative estimate of drug-likeness (QED) is 0.240. The van der Waals surface area contributed by atoms with Crippen LogP contribution in [0.25, 0.3) is 21.1 Å². The van der Waals surface area contributed by atoms with E-state index in [1.54, 1.807) is 30.4 Å². The van der Waals surface area contributed by atoms with Gasteiger partial charge in [-0.15, -0.1) is 20.4 Å². The molecule has 2 heterocycles. The van der Waals surface area contributed by atoms with Gasteiger partial charge in [0.2, 0.25) is 0 Å². The largest absolute Gasteiger partial charge is 0.479 e. The van der Waals surface area contributed by atoms with Crippen LogP contribution in [0.4, 0.5) is 0 Å². The van der Waals surface area contributed by atoms with Crippen LogP contribution < -0.4 is 0 Å². The first-order valence-electron chi connectivity index (χ1n) is 11.7. The van der Waals surface area contributed by atoms with Crippen molar-refractivity contribution in [3.05, 3.63) is 69.7 Å². The van der Waals surface area contributed by atoms with Crippen LogP contribution in [-0.4, -0.2) is 49.3 Å². The van der Waals surface area contributed by atoms with Gasteiger partial charge in [-0.25, -0.2) is 4.79 Å². The maximum Gasteiger partial charge on any atom is 0.337 e. The molecule has 2 N–H and O–H groups in total. The summed E-state index contributed by atoms with van der Waals surface area (Å²) in [6.07, 6.45) is -1.42. The minimum atomic E-state index is -0.985. The number of halogens is 1. The summed E-state index contributed by atoms with van der Waals surface area (Å²) in [7, 11) is 0. The highest BCUT2D eigenvalue weighted by molar-refractivity contribution is 7.14. The molecule has 0 radical (unpaired) electrons. The summed E-state index contributed by atoms with van der Waals surface area (Å²) >= 11 is 6.69. The van der Waals surface area contributed by atoms with E-state index in [2.05, 4.69) is 38.3 Å². The molecular formula is C26H28ClN5O5S2. The van der Waals surface area contributed by atoms with Crippen molar-refractivity contribution in [1.82, 2.24) is 20.4 Å². The van der Waals surface area contributed by atoms with Gasteiger partial charge in [0.05, 0.1) is 17.9 Å². The Hall–Kier alpha value is -3.31. The van der Waals surface area contributed by atoms with Crippen molar-refractivity contribution < 1.29 is 24.0 Å². The molecule has 0 bridgehead atoms. The number of benzene rings is 2. The number of nitrogens with zero attached hydrogens (tertiary/aromatic N) is 5. The van der Waals surface area contributed by atoms with E-state index in [1.165, 1.54) is 11.3 Å². The molecule has 13 heteroatoms. The van der Waals surface area contributed by atoms with Crippen LogP contribution in [-0.2, 0) is 14.3 Å². The summed E-state index contributed by atoms with van der Waals surface area (Å²) in [6.45, 7) is 8.35. The number of carbonyl (C=O) groups is 1. The maximum atomic E-state index is 11.1. The number of hydrogen-bond acceptors (Lipinski definition) is 11. The second-order valence-corrected chi connectivity index (χ2v) is 10.00. The van der Waals surface area contributed by atoms with E-state index in [4.69, 9.17) is 24.5 Å². The zero-order valence-corrected chi connectivity index (χ0v) is 24.1. The number of carboxylic acids is 1. The standard InChI is InChI=1S/C13H13N3OS.C13H14N2O3S.ClHO/c1-3-17-12(8-14)10-4-6-11(7-5-10)13-16-15-9(2)18-13;1-3-18-11(13(16)17)9-4-6-10(7-5-9)12-15-14-8(2)19-12;1-2/h4-7,12H,3H2,1-2H3;4-7,11H,3H2,1-2H3,(H,16,17);2H. The lowest BCUT2D eigenvalue weighted by Gasteiger charge is -2.12. The molecule has 0 aliphatic heterocycles. The monoisotopic (exact) mass is 589 g/mol. The van der Waals surface area contributed by atoms with E-state index in [0.29, 0.717) is 18.8 Å². The maximum absolute atomic E-state index is 11.1. The van der Waals surface area contributed by atoms with E-state index in [9.17, 15) is 4.79 Å². The van der Waals surface area contributed by atoms with Crippen LogP contribution in [0.5, 0.6) is 0 Å². The van der Waals surface area contributed by atoms with E-state index in [-0.39, 0.29) is 0 Å². The highest BCUT2D eigenvalue weighted by Crippen LogP contribution is 2.27. The second-order valence-electron chi connectivity index (χ2n) is 7.63. The van der Waals surface area contributed by atoms with Crippen molar-refractivity contribution in [2.75, 3.05) is 13.2 Å². The Labute approximate surface area is 239 Å². The third-order valence-corrected chi connectivity index (χ3v) is 6.76. The minimum absolute atomic E-state index is 0.355. The molecule has 0 spiro atoms. The first-order chi connectivity index (χ1) is 18.9. The highest BCUT2D eigenvalue weighted by atomic mass is 35.5. The number of rotatable bonds is 9. The van der Waals surface area contributed by atoms with Crippen LogP contribution in [0.2, 0.25) is 0 Å².